The molecular weight excluding hydrogens is 170 g/mol. The predicted molar refractivity (Wildman–Crippen MR) is 63.1 cm³/mol. The van der Waals surface area contributed by atoms with Gasteiger partial charge in [0.25, 0.3) is 0 Å². The monoisotopic (exact) mass is 193 g/mol. The van der Waals surface area contributed by atoms with E-state index >= 15 is 0 Å². The van der Waals surface area contributed by atoms with Crippen LogP contribution >= 0.6 is 0 Å². The van der Waals surface area contributed by atoms with Crippen LogP contribution in [0.15, 0.2) is 23.9 Å². The van der Waals surface area contributed by atoms with Gasteiger partial charge in [-0.2, -0.15) is 0 Å². The standard InChI is InChI=1S/C13H23N/c1-4-12-7-9-14-8-6-11(3)10-13(12)5-2/h6-7,9,12-14H,4-5,8,10H2,1-3H3/b9-7+,11-6+. The lowest BCUT2D eigenvalue weighted by molar-refractivity contribution is 0.370. The van der Waals surface area contributed by atoms with Crippen molar-refractivity contribution in [2.24, 2.45) is 11.8 Å². The first kappa shape index (κ1) is 11.4. The average molecular weight is 193 g/mol. The molecule has 0 aromatic heterocycles. The van der Waals surface area contributed by atoms with E-state index in [9.17, 15) is 0 Å². The maximum Gasteiger partial charge on any atom is 0.0327 e. The summed E-state index contributed by atoms with van der Waals surface area (Å²) in [5.74, 6) is 1.57. The van der Waals surface area contributed by atoms with Gasteiger partial charge in [0.1, 0.15) is 0 Å². The molecule has 0 radical (unpaired) electrons. The minimum Gasteiger partial charge on any atom is -0.388 e. The van der Waals surface area contributed by atoms with Crippen LogP contribution < -0.4 is 5.32 Å². The Morgan fingerprint density at radius 2 is 2.14 bits per heavy atom. The summed E-state index contributed by atoms with van der Waals surface area (Å²) in [6.45, 7) is 7.83. The van der Waals surface area contributed by atoms with E-state index in [0.717, 1.165) is 18.4 Å². The summed E-state index contributed by atoms with van der Waals surface area (Å²) >= 11 is 0. The van der Waals surface area contributed by atoms with Crippen molar-refractivity contribution in [2.45, 2.75) is 40.0 Å². The van der Waals surface area contributed by atoms with Gasteiger partial charge in [-0.15, -0.1) is 0 Å². The van der Waals surface area contributed by atoms with Gasteiger partial charge >= 0.3 is 0 Å². The van der Waals surface area contributed by atoms with Crippen molar-refractivity contribution in [2.75, 3.05) is 6.54 Å². The molecule has 1 aliphatic rings. The first-order valence-corrected chi connectivity index (χ1v) is 5.83. The molecule has 0 aliphatic carbocycles. The predicted octanol–water partition coefficient (Wildman–Crippen LogP) is 3.49. The van der Waals surface area contributed by atoms with Gasteiger partial charge in [-0.05, 0) is 37.8 Å². The fourth-order valence-electron chi connectivity index (χ4n) is 2.21. The Labute approximate surface area is 88.3 Å². The largest absolute Gasteiger partial charge is 0.388 e. The highest BCUT2D eigenvalue weighted by atomic mass is 14.8. The maximum atomic E-state index is 3.31. The van der Waals surface area contributed by atoms with Crippen molar-refractivity contribution >= 4 is 0 Å². The van der Waals surface area contributed by atoms with Gasteiger partial charge < -0.3 is 5.32 Å². The molecule has 0 fully saturated rings. The smallest absolute Gasteiger partial charge is 0.0327 e. The molecule has 1 rings (SSSR count). The van der Waals surface area contributed by atoms with Crippen molar-refractivity contribution in [1.29, 1.82) is 0 Å². The zero-order chi connectivity index (χ0) is 10.4. The van der Waals surface area contributed by atoms with Gasteiger partial charge in [0, 0.05) is 6.54 Å². The van der Waals surface area contributed by atoms with Crippen LogP contribution in [0.3, 0.4) is 0 Å². The number of allylic oxidation sites excluding steroid dienone is 2. The molecule has 0 saturated carbocycles. The zero-order valence-electron chi connectivity index (χ0n) is 9.72. The lowest BCUT2D eigenvalue weighted by atomic mass is 9.83. The molecule has 1 N–H and O–H groups in total. The third-order valence-electron chi connectivity index (χ3n) is 3.22. The van der Waals surface area contributed by atoms with Crippen molar-refractivity contribution in [3.63, 3.8) is 0 Å². The summed E-state index contributed by atoms with van der Waals surface area (Å²) in [5.41, 5.74) is 1.53. The summed E-state index contributed by atoms with van der Waals surface area (Å²) in [6.07, 6.45) is 10.6. The minimum atomic E-state index is 0.744. The molecule has 1 aliphatic heterocycles. The second-order valence-electron chi connectivity index (χ2n) is 4.26. The molecule has 14 heavy (non-hydrogen) atoms. The van der Waals surface area contributed by atoms with Crippen LogP contribution in [0.4, 0.5) is 0 Å². The number of nitrogens with one attached hydrogen (secondary N) is 1. The van der Waals surface area contributed by atoms with Gasteiger partial charge in [0.2, 0.25) is 0 Å². The average Bonchev–Trinajstić information content (AvgIpc) is 2.28. The molecule has 2 unspecified atom stereocenters. The van der Waals surface area contributed by atoms with Crippen LogP contribution in [-0.4, -0.2) is 6.54 Å². The summed E-state index contributed by atoms with van der Waals surface area (Å²) in [4.78, 5) is 0. The van der Waals surface area contributed by atoms with E-state index in [0.29, 0.717) is 0 Å². The Morgan fingerprint density at radius 1 is 1.36 bits per heavy atom. The lowest BCUT2D eigenvalue weighted by Gasteiger charge is -2.22. The first-order valence-electron chi connectivity index (χ1n) is 5.83. The molecule has 0 aromatic rings. The summed E-state index contributed by atoms with van der Waals surface area (Å²) in [7, 11) is 0. The molecule has 1 heterocycles. The van der Waals surface area contributed by atoms with Crippen molar-refractivity contribution in [1.82, 2.24) is 5.32 Å². The summed E-state index contributed by atoms with van der Waals surface area (Å²) < 4.78 is 0. The SMILES string of the molecule is CCC1/C=C/NC/C=C(\C)CC1CC. The van der Waals surface area contributed by atoms with Crippen LogP contribution in [0.2, 0.25) is 0 Å². The first-order chi connectivity index (χ1) is 6.77. The number of hydrogen-bond acceptors (Lipinski definition) is 1. The van der Waals surface area contributed by atoms with Gasteiger partial charge in [-0.25, -0.2) is 0 Å². The van der Waals surface area contributed by atoms with Crippen molar-refractivity contribution < 1.29 is 0 Å². The van der Waals surface area contributed by atoms with E-state index < -0.39 is 0 Å². The summed E-state index contributed by atoms with van der Waals surface area (Å²) in [5, 5.41) is 3.31. The van der Waals surface area contributed by atoms with E-state index in [2.05, 4.69) is 44.4 Å². The Morgan fingerprint density at radius 3 is 2.79 bits per heavy atom. The van der Waals surface area contributed by atoms with Crippen LogP contribution in [0.5, 0.6) is 0 Å². The highest BCUT2D eigenvalue weighted by Gasteiger charge is 2.16. The van der Waals surface area contributed by atoms with Gasteiger partial charge in [0.05, 0.1) is 0 Å². The lowest BCUT2D eigenvalue weighted by Crippen LogP contribution is -2.11. The van der Waals surface area contributed by atoms with Crippen LogP contribution in [0, 0.1) is 11.8 Å². The fraction of sp³-hybridized carbons (Fsp3) is 0.692. The Balaban J connectivity index is 2.72. The van der Waals surface area contributed by atoms with Crippen LogP contribution in [-0.2, 0) is 0 Å². The fourth-order valence-corrected chi connectivity index (χ4v) is 2.21. The molecule has 1 nitrogen and oxygen atoms in total. The molecule has 2 atom stereocenters. The molecule has 0 spiro atoms. The van der Waals surface area contributed by atoms with Gasteiger partial charge in [-0.3, -0.25) is 0 Å². The van der Waals surface area contributed by atoms with E-state index in [4.69, 9.17) is 0 Å². The molecular formula is C13H23N. The van der Waals surface area contributed by atoms with Crippen molar-refractivity contribution in [3.8, 4) is 0 Å². The third-order valence-corrected chi connectivity index (χ3v) is 3.22. The quantitative estimate of drug-likeness (QED) is 0.662. The van der Waals surface area contributed by atoms with E-state index in [-0.39, 0.29) is 0 Å². The van der Waals surface area contributed by atoms with E-state index in [1.165, 1.54) is 24.8 Å². The molecule has 0 bridgehead atoms. The molecule has 1 heteroatoms. The number of hydrogen-bond donors (Lipinski definition) is 1. The minimum absolute atomic E-state index is 0.744. The topological polar surface area (TPSA) is 12.0 Å². The van der Waals surface area contributed by atoms with Gasteiger partial charge in [0.15, 0.2) is 0 Å². The van der Waals surface area contributed by atoms with Gasteiger partial charge in [-0.1, -0.05) is 38.0 Å². The third kappa shape index (κ3) is 3.21. The zero-order valence-corrected chi connectivity index (χ0v) is 9.72. The molecule has 0 saturated heterocycles. The number of rotatable bonds is 2. The maximum absolute atomic E-state index is 3.31. The molecule has 0 amide bonds. The Kier molecular flexibility index (Phi) is 4.78. The molecule has 0 aromatic carbocycles. The highest BCUT2D eigenvalue weighted by molar-refractivity contribution is 5.05. The van der Waals surface area contributed by atoms with Crippen LogP contribution in [0.1, 0.15) is 40.0 Å². The summed E-state index contributed by atoms with van der Waals surface area (Å²) in [6, 6.07) is 0. The van der Waals surface area contributed by atoms with E-state index in [1.54, 1.807) is 0 Å². The van der Waals surface area contributed by atoms with E-state index in [1.807, 2.05) is 0 Å². The van der Waals surface area contributed by atoms with Crippen LogP contribution in [0.25, 0.3) is 0 Å². The normalized spacial score (nSPS) is 34.4. The Bertz CT molecular complexity index is 215. The second kappa shape index (κ2) is 5.90. The highest BCUT2D eigenvalue weighted by Crippen LogP contribution is 2.27. The second-order valence-corrected chi connectivity index (χ2v) is 4.26. The molecule has 80 valence electrons. The Hall–Kier alpha value is -0.720. The van der Waals surface area contributed by atoms with Crippen molar-refractivity contribution in [3.05, 3.63) is 23.9 Å².